The summed E-state index contributed by atoms with van der Waals surface area (Å²) in [5.74, 6) is 0.939. The summed E-state index contributed by atoms with van der Waals surface area (Å²) in [6.45, 7) is 0. The minimum absolute atomic E-state index is 0.0515. The number of amides is 1. The minimum atomic E-state index is -3.86. The number of carbonyl (C=O) groups is 1. The summed E-state index contributed by atoms with van der Waals surface area (Å²) < 4.78 is 42.9. The van der Waals surface area contributed by atoms with E-state index >= 15 is 0 Å². The average molecular weight is 457 g/mol. The summed E-state index contributed by atoms with van der Waals surface area (Å²) in [6.07, 6.45) is 0. The van der Waals surface area contributed by atoms with Crippen molar-refractivity contribution in [2.24, 2.45) is 0 Å². The van der Waals surface area contributed by atoms with Crippen molar-refractivity contribution in [3.05, 3.63) is 72.3 Å². The number of sulfonamides is 1. The van der Waals surface area contributed by atoms with Crippen molar-refractivity contribution in [2.45, 2.75) is 4.90 Å². The van der Waals surface area contributed by atoms with Crippen LogP contribution in [-0.4, -0.2) is 42.7 Å². The molecular formula is C23H24N2O6S. The lowest BCUT2D eigenvalue weighted by molar-refractivity contribution is 0.102. The van der Waals surface area contributed by atoms with Crippen molar-refractivity contribution in [2.75, 3.05) is 38.0 Å². The molecule has 0 bridgehead atoms. The summed E-state index contributed by atoms with van der Waals surface area (Å²) >= 11 is 0. The van der Waals surface area contributed by atoms with Gasteiger partial charge >= 0.3 is 0 Å². The van der Waals surface area contributed by atoms with Crippen LogP contribution in [0.15, 0.2) is 71.6 Å². The normalized spacial score (nSPS) is 10.9. The Kier molecular flexibility index (Phi) is 6.89. The Morgan fingerprint density at radius 1 is 0.812 bits per heavy atom. The van der Waals surface area contributed by atoms with Gasteiger partial charge in [-0.25, -0.2) is 8.42 Å². The Hall–Kier alpha value is -3.72. The monoisotopic (exact) mass is 456 g/mol. The first-order valence-electron chi connectivity index (χ1n) is 9.57. The van der Waals surface area contributed by atoms with Crippen LogP contribution in [-0.2, 0) is 10.0 Å². The third-order valence-corrected chi connectivity index (χ3v) is 6.64. The number of hydrogen-bond acceptors (Lipinski definition) is 6. The van der Waals surface area contributed by atoms with Crippen LogP contribution < -0.4 is 23.8 Å². The summed E-state index contributed by atoms with van der Waals surface area (Å²) in [6, 6.07) is 17.7. The molecule has 0 saturated carbocycles. The van der Waals surface area contributed by atoms with Gasteiger partial charge in [0.1, 0.15) is 5.75 Å². The molecule has 0 aromatic heterocycles. The van der Waals surface area contributed by atoms with E-state index in [1.165, 1.54) is 46.6 Å². The Labute approximate surface area is 187 Å². The predicted octanol–water partition coefficient (Wildman–Crippen LogP) is 3.79. The maximum Gasteiger partial charge on any atom is 0.264 e. The number of nitrogens with one attached hydrogen (secondary N) is 1. The standard InChI is InChI=1S/C23H24N2O6S/c1-25(32(27,28)18-13-14-21(30-3)22(15-18)31-4)17-11-9-16(10-12-17)23(26)24-19-7-5-6-8-20(19)29-2/h5-15H,1-4H3,(H,24,26). The highest BCUT2D eigenvalue weighted by atomic mass is 32.2. The van der Waals surface area contributed by atoms with Crippen molar-refractivity contribution in [1.29, 1.82) is 0 Å². The Morgan fingerprint density at radius 3 is 2.06 bits per heavy atom. The first-order chi connectivity index (χ1) is 15.3. The molecule has 0 saturated heterocycles. The van der Waals surface area contributed by atoms with Crippen LogP contribution in [0.25, 0.3) is 0 Å². The lowest BCUT2D eigenvalue weighted by Crippen LogP contribution is -2.26. The van der Waals surface area contributed by atoms with Gasteiger partial charge < -0.3 is 19.5 Å². The highest BCUT2D eigenvalue weighted by Crippen LogP contribution is 2.32. The molecular weight excluding hydrogens is 432 g/mol. The molecule has 0 unspecified atom stereocenters. The van der Waals surface area contributed by atoms with Crippen molar-refractivity contribution < 1.29 is 27.4 Å². The highest BCUT2D eigenvalue weighted by Gasteiger charge is 2.23. The highest BCUT2D eigenvalue weighted by molar-refractivity contribution is 7.92. The molecule has 1 N–H and O–H groups in total. The largest absolute Gasteiger partial charge is 0.495 e. The molecule has 32 heavy (non-hydrogen) atoms. The zero-order valence-corrected chi connectivity index (χ0v) is 19.0. The molecule has 0 heterocycles. The van der Waals surface area contributed by atoms with Gasteiger partial charge in [-0.15, -0.1) is 0 Å². The quantitative estimate of drug-likeness (QED) is 0.554. The first kappa shape index (κ1) is 23.0. The molecule has 8 nitrogen and oxygen atoms in total. The molecule has 0 aliphatic carbocycles. The SMILES string of the molecule is COc1ccccc1NC(=O)c1ccc(N(C)S(=O)(=O)c2ccc(OC)c(OC)c2)cc1. The molecule has 3 aromatic rings. The van der Waals surface area contributed by atoms with Crippen molar-refractivity contribution in [1.82, 2.24) is 0 Å². The fraction of sp³-hybridized carbons (Fsp3) is 0.174. The second kappa shape index (κ2) is 9.61. The maximum absolute atomic E-state index is 13.1. The Balaban J connectivity index is 1.81. The van der Waals surface area contributed by atoms with Crippen molar-refractivity contribution in [3.8, 4) is 17.2 Å². The number of rotatable bonds is 8. The molecule has 168 valence electrons. The number of para-hydroxylation sites is 2. The summed E-state index contributed by atoms with van der Waals surface area (Å²) in [5, 5.41) is 2.78. The van der Waals surface area contributed by atoms with Crippen LogP contribution in [0, 0.1) is 0 Å². The molecule has 1 amide bonds. The topological polar surface area (TPSA) is 94.2 Å². The summed E-state index contributed by atoms with van der Waals surface area (Å²) in [5.41, 5.74) is 1.31. The lowest BCUT2D eigenvalue weighted by atomic mass is 10.2. The molecule has 0 aliphatic rings. The van der Waals surface area contributed by atoms with Gasteiger partial charge in [-0.1, -0.05) is 12.1 Å². The molecule has 0 spiro atoms. The van der Waals surface area contributed by atoms with Crippen LogP contribution in [0.4, 0.5) is 11.4 Å². The summed E-state index contributed by atoms with van der Waals surface area (Å²) in [7, 11) is 2.02. The van der Waals surface area contributed by atoms with E-state index in [0.717, 1.165) is 4.31 Å². The van der Waals surface area contributed by atoms with Gasteiger partial charge in [-0.05, 0) is 48.5 Å². The minimum Gasteiger partial charge on any atom is -0.495 e. The van der Waals surface area contributed by atoms with E-state index in [0.29, 0.717) is 34.2 Å². The zero-order chi connectivity index (χ0) is 23.3. The van der Waals surface area contributed by atoms with Gasteiger partial charge in [0, 0.05) is 18.7 Å². The van der Waals surface area contributed by atoms with E-state index in [9.17, 15) is 13.2 Å². The van der Waals surface area contributed by atoms with E-state index in [2.05, 4.69) is 5.32 Å². The number of methoxy groups -OCH3 is 3. The third-order valence-electron chi connectivity index (χ3n) is 4.86. The van der Waals surface area contributed by atoms with Gasteiger partial charge in [0.25, 0.3) is 15.9 Å². The second-order valence-corrected chi connectivity index (χ2v) is 8.66. The van der Waals surface area contributed by atoms with Gasteiger partial charge in [0.2, 0.25) is 0 Å². The maximum atomic E-state index is 13.1. The zero-order valence-electron chi connectivity index (χ0n) is 18.2. The molecule has 0 fully saturated rings. The van der Waals surface area contributed by atoms with Crippen LogP contribution in [0.1, 0.15) is 10.4 Å². The number of carbonyl (C=O) groups excluding carboxylic acids is 1. The lowest BCUT2D eigenvalue weighted by Gasteiger charge is -2.20. The molecule has 0 aliphatic heterocycles. The van der Waals surface area contributed by atoms with Crippen molar-refractivity contribution in [3.63, 3.8) is 0 Å². The average Bonchev–Trinajstić information content (AvgIpc) is 2.83. The smallest absolute Gasteiger partial charge is 0.264 e. The first-order valence-corrected chi connectivity index (χ1v) is 11.0. The van der Waals surface area contributed by atoms with Crippen LogP contribution in [0.2, 0.25) is 0 Å². The summed E-state index contributed by atoms with van der Waals surface area (Å²) in [4.78, 5) is 12.6. The number of anilines is 2. The molecule has 0 radical (unpaired) electrons. The molecule has 3 rings (SSSR count). The number of hydrogen-bond donors (Lipinski definition) is 1. The number of nitrogens with zero attached hydrogens (tertiary/aromatic N) is 1. The molecule has 3 aromatic carbocycles. The van der Waals surface area contributed by atoms with E-state index in [1.807, 2.05) is 0 Å². The van der Waals surface area contributed by atoms with Gasteiger partial charge in [-0.3, -0.25) is 9.10 Å². The van der Waals surface area contributed by atoms with Crippen LogP contribution in [0.5, 0.6) is 17.2 Å². The predicted molar refractivity (Wildman–Crippen MR) is 123 cm³/mol. The van der Waals surface area contributed by atoms with Crippen molar-refractivity contribution >= 4 is 27.3 Å². The fourth-order valence-corrected chi connectivity index (χ4v) is 4.25. The van der Waals surface area contributed by atoms with Crippen LogP contribution in [0.3, 0.4) is 0 Å². The number of benzene rings is 3. The Bertz CT molecular complexity index is 1210. The van der Waals surface area contributed by atoms with E-state index in [-0.39, 0.29) is 10.8 Å². The van der Waals surface area contributed by atoms with Gasteiger partial charge in [0.15, 0.2) is 11.5 Å². The van der Waals surface area contributed by atoms with Gasteiger partial charge in [-0.2, -0.15) is 0 Å². The van der Waals surface area contributed by atoms with Gasteiger partial charge in [0.05, 0.1) is 37.6 Å². The van der Waals surface area contributed by atoms with E-state index < -0.39 is 10.0 Å². The van der Waals surface area contributed by atoms with Crippen LogP contribution >= 0.6 is 0 Å². The second-order valence-electron chi connectivity index (χ2n) is 6.69. The fourth-order valence-electron chi connectivity index (χ4n) is 3.04. The number of ether oxygens (including phenoxy) is 3. The third kappa shape index (κ3) is 4.62. The van der Waals surface area contributed by atoms with E-state index in [1.54, 1.807) is 48.5 Å². The Morgan fingerprint density at radius 2 is 1.44 bits per heavy atom. The van der Waals surface area contributed by atoms with E-state index in [4.69, 9.17) is 14.2 Å². The molecule has 0 atom stereocenters. The molecule has 9 heteroatoms.